The molecule has 0 saturated heterocycles. The Bertz CT molecular complexity index is 633. The first kappa shape index (κ1) is 12.3. The predicted octanol–water partition coefficient (Wildman–Crippen LogP) is 3.81. The molecule has 0 aliphatic carbocycles. The van der Waals surface area contributed by atoms with Crippen molar-refractivity contribution in [3.63, 3.8) is 0 Å². The van der Waals surface area contributed by atoms with E-state index < -0.39 is 0 Å². The Kier molecular flexibility index (Phi) is 3.64. The highest BCUT2D eigenvalue weighted by Gasteiger charge is 1.98. The van der Waals surface area contributed by atoms with Gasteiger partial charge in [0.25, 0.3) is 0 Å². The van der Waals surface area contributed by atoms with Crippen LogP contribution in [0.15, 0.2) is 66.9 Å². The maximum Gasteiger partial charge on any atom is 0.127 e. The molecule has 0 unspecified atom stereocenters. The van der Waals surface area contributed by atoms with Gasteiger partial charge >= 0.3 is 0 Å². The second-order valence-electron chi connectivity index (χ2n) is 4.37. The number of aromatic amines is 1. The minimum atomic E-state index is 0.721. The lowest BCUT2D eigenvalue weighted by atomic mass is 10.3. The summed E-state index contributed by atoms with van der Waals surface area (Å²) in [6, 6.07) is 19.6. The second-order valence-corrected chi connectivity index (χ2v) is 4.37. The van der Waals surface area contributed by atoms with Crippen molar-refractivity contribution in [2.75, 3.05) is 5.32 Å². The Labute approximate surface area is 117 Å². The average Bonchev–Trinajstić information content (AvgIpc) is 3.01. The summed E-state index contributed by atoms with van der Waals surface area (Å²) < 4.78 is 5.74. The molecule has 0 bridgehead atoms. The largest absolute Gasteiger partial charge is 0.457 e. The Morgan fingerprint density at radius 3 is 2.35 bits per heavy atom. The molecule has 1 heterocycles. The van der Waals surface area contributed by atoms with Crippen molar-refractivity contribution in [3.8, 4) is 11.5 Å². The van der Waals surface area contributed by atoms with E-state index in [1.165, 1.54) is 0 Å². The summed E-state index contributed by atoms with van der Waals surface area (Å²) in [5.74, 6) is 1.66. The first-order chi connectivity index (χ1) is 9.90. The van der Waals surface area contributed by atoms with Crippen LogP contribution in [0.25, 0.3) is 0 Å². The minimum absolute atomic E-state index is 0.721. The zero-order valence-electron chi connectivity index (χ0n) is 10.9. The van der Waals surface area contributed by atoms with Gasteiger partial charge in [-0.3, -0.25) is 5.10 Å². The molecule has 1 aromatic heterocycles. The predicted molar refractivity (Wildman–Crippen MR) is 78.9 cm³/mol. The lowest BCUT2D eigenvalue weighted by Crippen LogP contribution is -1.99. The smallest absolute Gasteiger partial charge is 0.127 e. The summed E-state index contributed by atoms with van der Waals surface area (Å²) in [6.45, 7) is 0.721. The Balaban J connectivity index is 1.60. The number of H-pyrrole nitrogens is 1. The second kappa shape index (κ2) is 5.93. The molecule has 20 heavy (non-hydrogen) atoms. The van der Waals surface area contributed by atoms with Crippen LogP contribution in [0.4, 0.5) is 5.69 Å². The van der Waals surface area contributed by atoms with Crippen molar-refractivity contribution in [1.29, 1.82) is 0 Å². The molecule has 2 aromatic carbocycles. The highest BCUT2D eigenvalue weighted by Crippen LogP contribution is 2.22. The van der Waals surface area contributed by atoms with Crippen molar-refractivity contribution in [2.45, 2.75) is 6.54 Å². The van der Waals surface area contributed by atoms with Crippen molar-refractivity contribution in [1.82, 2.24) is 10.2 Å². The third-order valence-electron chi connectivity index (χ3n) is 2.87. The summed E-state index contributed by atoms with van der Waals surface area (Å²) in [5.41, 5.74) is 2.09. The van der Waals surface area contributed by atoms with Gasteiger partial charge in [-0.15, -0.1) is 0 Å². The molecule has 0 spiro atoms. The van der Waals surface area contributed by atoms with Crippen LogP contribution in [0.3, 0.4) is 0 Å². The third-order valence-corrected chi connectivity index (χ3v) is 2.87. The highest BCUT2D eigenvalue weighted by molar-refractivity contribution is 5.47. The van der Waals surface area contributed by atoms with Gasteiger partial charge in [0.2, 0.25) is 0 Å². The monoisotopic (exact) mass is 265 g/mol. The summed E-state index contributed by atoms with van der Waals surface area (Å²) in [4.78, 5) is 0. The summed E-state index contributed by atoms with van der Waals surface area (Å²) in [7, 11) is 0. The van der Waals surface area contributed by atoms with Crippen molar-refractivity contribution in [2.24, 2.45) is 0 Å². The lowest BCUT2D eigenvalue weighted by molar-refractivity contribution is 0.483. The molecule has 0 aliphatic heterocycles. The van der Waals surface area contributed by atoms with Crippen molar-refractivity contribution < 1.29 is 4.74 Å². The molecule has 4 heteroatoms. The average molecular weight is 265 g/mol. The van der Waals surface area contributed by atoms with E-state index in [0.717, 1.165) is 29.4 Å². The fraction of sp³-hybridized carbons (Fsp3) is 0.0625. The standard InChI is InChI=1S/C16H15N3O/c1-2-4-15(5-3-1)20-16-8-6-13(7-9-16)17-12-14-10-11-18-19-14/h1-11,17H,12H2,(H,18,19). The van der Waals surface area contributed by atoms with Gasteiger partial charge in [-0.2, -0.15) is 5.10 Å². The normalized spacial score (nSPS) is 10.2. The fourth-order valence-corrected chi connectivity index (χ4v) is 1.85. The number of aromatic nitrogens is 2. The SMILES string of the molecule is c1ccc(Oc2ccc(NCc3ccn[nH]3)cc2)cc1. The lowest BCUT2D eigenvalue weighted by Gasteiger charge is -2.08. The van der Waals surface area contributed by atoms with Crippen LogP contribution in [0, 0.1) is 0 Å². The third kappa shape index (κ3) is 3.17. The zero-order chi connectivity index (χ0) is 13.6. The molecule has 0 fully saturated rings. The maximum atomic E-state index is 5.74. The van der Waals surface area contributed by atoms with E-state index in [9.17, 15) is 0 Å². The number of ether oxygens (including phenoxy) is 1. The van der Waals surface area contributed by atoms with Crippen LogP contribution in [0.5, 0.6) is 11.5 Å². The fourth-order valence-electron chi connectivity index (χ4n) is 1.85. The summed E-state index contributed by atoms with van der Waals surface area (Å²) in [6.07, 6.45) is 1.74. The van der Waals surface area contributed by atoms with Crippen molar-refractivity contribution >= 4 is 5.69 Å². The molecular formula is C16H15N3O. The van der Waals surface area contributed by atoms with Gasteiger partial charge in [0.05, 0.1) is 12.2 Å². The number of benzene rings is 2. The summed E-state index contributed by atoms with van der Waals surface area (Å²) in [5, 5.41) is 10.1. The minimum Gasteiger partial charge on any atom is -0.457 e. The van der Waals surface area contributed by atoms with Gasteiger partial charge in [-0.1, -0.05) is 18.2 Å². The number of rotatable bonds is 5. The van der Waals surface area contributed by atoms with Crippen LogP contribution >= 0.6 is 0 Å². The Morgan fingerprint density at radius 1 is 0.900 bits per heavy atom. The van der Waals surface area contributed by atoms with Gasteiger partial charge in [-0.25, -0.2) is 0 Å². The number of nitrogens with zero attached hydrogens (tertiary/aromatic N) is 1. The molecule has 0 amide bonds. The maximum absolute atomic E-state index is 5.74. The topological polar surface area (TPSA) is 49.9 Å². The van der Waals surface area contributed by atoms with Crippen molar-refractivity contribution in [3.05, 3.63) is 72.6 Å². The quantitative estimate of drug-likeness (QED) is 0.737. The van der Waals surface area contributed by atoms with Gasteiger partial charge in [0.15, 0.2) is 0 Å². The van der Waals surface area contributed by atoms with E-state index in [0.29, 0.717) is 0 Å². The van der Waals surface area contributed by atoms with Gasteiger partial charge in [0, 0.05) is 11.9 Å². The van der Waals surface area contributed by atoms with Crippen LogP contribution < -0.4 is 10.1 Å². The molecule has 0 aliphatic rings. The Hall–Kier alpha value is -2.75. The number of hydrogen-bond acceptors (Lipinski definition) is 3. The van der Waals surface area contributed by atoms with Gasteiger partial charge < -0.3 is 10.1 Å². The van der Waals surface area contributed by atoms with E-state index in [4.69, 9.17) is 4.74 Å². The van der Waals surface area contributed by atoms with E-state index in [2.05, 4.69) is 15.5 Å². The van der Waals surface area contributed by atoms with Crippen LogP contribution in [0.2, 0.25) is 0 Å². The number of anilines is 1. The molecule has 0 atom stereocenters. The first-order valence-electron chi connectivity index (χ1n) is 6.45. The Morgan fingerprint density at radius 2 is 1.65 bits per heavy atom. The van der Waals surface area contributed by atoms with E-state index in [1.54, 1.807) is 6.20 Å². The molecule has 3 aromatic rings. The number of nitrogens with one attached hydrogen (secondary N) is 2. The molecule has 4 nitrogen and oxygen atoms in total. The van der Waals surface area contributed by atoms with Gasteiger partial charge in [-0.05, 0) is 42.5 Å². The van der Waals surface area contributed by atoms with E-state index in [1.807, 2.05) is 60.7 Å². The molecular weight excluding hydrogens is 250 g/mol. The molecule has 3 rings (SSSR count). The molecule has 0 radical (unpaired) electrons. The van der Waals surface area contributed by atoms with Crippen LogP contribution in [-0.4, -0.2) is 10.2 Å². The van der Waals surface area contributed by atoms with Crippen LogP contribution in [0.1, 0.15) is 5.69 Å². The van der Waals surface area contributed by atoms with Gasteiger partial charge in [0.1, 0.15) is 11.5 Å². The molecule has 100 valence electrons. The molecule has 2 N–H and O–H groups in total. The number of hydrogen-bond donors (Lipinski definition) is 2. The summed E-state index contributed by atoms with van der Waals surface area (Å²) >= 11 is 0. The first-order valence-corrected chi connectivity index (χ1v) is 6.45. The highest BCUT2D eigenvalue weighted by atomic mass is 16.5. The molecule has 0 saturated carbocycles. The zero-order valence-corrected chi connectivity index (χ0v) is 10.9. The van der Waals surface area contributed by atoms with E-state index >= 15 is 0 Å². The van der Waals surface area contributed by atoms with Crippen LogP contribution in [-0.2, 0) is 6.54 Å². The van der Waals surface area contributed by atoms with E-state index in [-0.39, 0.29) is 0 Å². The number of para-hydroxylation sites is 1.